The number of methoxy groups -OCH3 is 1. The number of amides is 2. The molecule has 6 nitrogen and oxygen atoms in total. The molecule has 4 rings (SSSR count). The van der Waals surface area contributed by atoms with Crippen molar-refractivity contribution in [3.05, 3.63) is 70.2 Å². The van der Waals surface area contributed by atoms with E-state index in [2.05, 4.69) is 15.6 Å². The van der Waals surface area contributed by atoms with Crippen LogP contribution in [0.5, 0.6) is 5.75 Å². The molecular formula is C20H17N3O3S. The lowest BCUT2D eigenvalue weighted by Gasteiger charge is -2.25. The van der Waals surface area contributed by atoms with Gasteiger partial charge in [-0.25, -0.2) is 4.98 Å². The Bertz CT molecular complexity index is 1000. The van der Waals surface area contributed by atoms with Gasteiger partial charge in [-0.05, 0) is 29.8 Å². The molecule has 1 aromatic heterocycles. The SMILES string of the molecule is COc1ccccc1C(=O)Nc1ccc2c(c1)NC(=O)CC2c1cscn1. The smallest absolute Gasteiger partial charge is 0.259 e. The van der Waals surface area contributed by atoms with E-state index in [1.54, 1.807) is 29.8 Å². The van der Waals surface area contributed by atoms with E-state index >= 15 is 0 Å². The van der Waals surface area contributed by atoms with Crippen LogP contribution in [0.2, 0.25) is 0 Å². The fourth-order valence-electron chi connectivity index (χ4n) is 3.23. The van der Waals surface area contributed by atoms with Crippen LogP contribution in [0.3, 0.4) is 0 Å². The van der Waals surface area contributed by atoms with Crippen molar-refractivity contribution in [1.29, 1.82) is 0 Å². The summed E-state index contributed by atoms with van der Waals surface area (Å²) in [5, 5.41) is 7.71. The van der Waals surface area contributed by atoms with Crippen LogP contribution in [0.25, 0.3) is 0 Å². The number of anilines is 2. The first-order valence-corrected chi connectivity index (χ1v) is 9.36. The van der Waals surface area contributed by atoms with E-state index in [1.807, 2.05) is 23.6 Å². The number of aromatic nitrogens is 1. The van der Waals surface area contributed by atoms with Crippen LogP contribution in [-0.2, 0) is 4.79 Å². The van der Waals surface area contributed by atoms with Gasteiger partial charge in [0.1, 0.15) is 5.75 Å². The van der Waals surface area contributed by atoms with Gasteiger partial charge in [0.15, 0.2) is 0 Å². The molecule has 2 amide bonds. The molecule has 1 atom stereocenters. The molecule has 2 heterocycles. The molecule has 1 unspecified atom stereocenters. The van der Waals surface area contributed by atoms with Crippen molar-refractivity contribution in [1.82, 2.24) is 4.98 Å². The zero-order valence-electron chi connectivity index (χ0n) is 14.6. The van der Waals surface area contributed by atoms with Crippen molar-refractivity contribution in [2.75, 3.05) is 17.7 Å². The Morgan fingerprint density at radius 2 is 2.15 bits per heavy atom. The first-order chi connectivity index (χ1) is 13.2. The number of thiazole rings is 1. The Morgan fingerprint density at radius 1 is 1.30 bits per heavy atom. The Labute approximate surface area is 160 Å². The highest BCUT2D eigenvalue weighted by Gasteiger charge is 2.28. The number of fused-ring (bicyclic) bond motifs is 1. The van der Waals surface area contributed by atoms with Gasteiger partial charge in [0.05, 0.1) is 23.9 Å². The Balaban J connectivity index is 1.62. The summed E-state index contributed by atoms with van der Waals surface area (Å²) in [5.41, 5.74) is 5.40. The summed E-state index contributed by atoms with van der Waals surface area (Å²) in [6.07, 6.45) is 0.365. The summed E-state index contributed by atoms with van der Waals surface area (Å²) >= 11 is 1.51. The van der Waals surface area contributed by atoms with Gasteiger partial charge in [0, 0.05) is 29.1 Å². The maximum Gasteiger partial charge on any atom is 0.259 e. The van der Waals surface area contributed by atoms with Crippen LogP contribution < -0.4 is 15.4 Å². The number of para-hydroxylation sites is 1. The predicted molar refractivity (Wildman–Crippen MR) is 105 cm³/mol. The molecule has 0 radical (unpaired) electrons. The van der Waals surface area contributed by atoms with Gasteiger partial charge < -0.3 is 15.4 Å². The molecule has 136 valence electrons. The molecule has 1 aliphatic heterocycles. The second kappa shape index (κ2) is 7.20. The van der Waals surface area contributed by atoms with Gasteiger partial charge >= 0.3 is 0 Å². The number of ether oxygens (including phenoxy) is 1. The van der Waals surface area contributed by atoms with Crippen LogP contribution in [0.4, 0.5) is 11.4 Å². The molecule has 0 aliphatic carbocycles. The molecule has 0 saturated carbocycles. The summed E-state index contributed by atoms with van der Waals surface area (Å²) in [5.74, 6) is 0.100. The highest BCUT2D eigenvalue weighted by Crippen LogP contribution is 2.38. The third-order valence-corrected chi connectivity index (χ3v) is 5.11. The van der Waals surface area contributed by atoms with E-state index < -0.39 is 0 Å². The van der Waals surface area contributed by atoms with Gasteiger partial charge in [-0.15, -0.1) is 11.3 Å². The molecular weight excluding hydrogens is 362 g/mol. The molecule has 1 aliphatic rings. The number of hydrogen-bond donors (Lipinski definition) is 2. The number of hydrogen-bond acceptors (Lipinski definition) is 5. The molecule has 3 aromatic rings. The summed E-state index contributed by atoms with van der Waals surface area (Å²) in [4.78, 5) is 29.1. The van der Waals surface area contributed by atoms with E-state index in [0.717, 1.165) is 11.3 Å². The summed E-state index contributed by atoms with van der Waals surface area (Å²) in [6.45, 7) is 0. The number of nitrogens with one attached hydrogen (secondary N) is 2. The minimum atomic E-state index is -0.273. The quantitative estimate of drug-likeness (QED) is 0.721. The zero-order chi connectivity index (χ0) is 18.8. The van der Waals surface area contributed by atoms with Gasteiger partial charge in [-0.1, -0.05) is 18.2 Å². The molecule has 2 aromatic carbocycles. The lowest BCUT2D eigenvalue weighted by molar-refractivity contribution is -0.116. The van der Waals surface area contributed by atoms with Crippen molar-refractivity contribution in [2.24, 2.45) is 0 Å². The molecule has 0 spiro atoms. The maximum absolute atomic E-state index is 12.6. The normalized spacial score (nSPS) is 15.6. The van der Waals surface area contributed by atoms with Crippen molar-refractivity contribution >= 4 is 34.5 Å². The minimum absolute atomic E-state index is 0.0614. The summed E-state index contributed by atoms with van der Waals surface area (Å²) < 4.78 is 5.24. The van der Waals surface area contributed by atoms with Crippen LogP contribution in [0, 0.1) is 0 Å². The summed E-state index contributed by atoms with van der Waals surface area (Å²) in [6, 6.07) is 12.6. The van der Waals surface area contributed by atoms with Gasteiger partial charge in [0.2, 0.25) is 5.91 Å². The fraction of sp³-hybridized carbons (Fsp3) is 0.150. The van der Waals surface area contributed by atoms with Crippen LogP contribution in [0.1, 0.15) is 34.0 Å². The van der Waals surface area contributed by atoms with Crippen molar-refractivity contribution in [3.63, 3.8) is 0 Å². The van der Waals surface area contributed by atoms with E-state index in [4.69, 9.17) is 4.74 Å². The average molecular weight is 379 g/mol. The number of carbonyl (C=O) groups is 2. The van der Waals surface area contributed by atoms with E-state index in [-0.39, 0.29) is 17.7 Å². The average Bonchev–Trinajstić information content (AvgIpc) is 3.21. The minimum Gasteiger partial charge on any atom is -0.496 e. The predicted octanol–water partition coefficient (Wildman–Crippen LogP) is 3.88. The maximum atomic E-state index is 12.6. The van der Waals surface area contributed by atoms with Gasteiger partial charge in [-0.3, -0.25) is 9.59 Å². The number of carbonyl (C=O) groups excluding carboxylic acids is 2. The van der Waals surface area contributed by atoms with Crippen molar-refractivity contribution in [3.8, 4) is 5.75 Å². The largest absolute Gasteiger partial charge is 0.496 e. The molecule has 0 saturated heterocycles. The topological polar surface area (TPSA) is 80.3 Å². The highest BCUT2D eigenvalue weighted by molar-refractivity contribution is 7.07. The standard InChI is InChI=1S/C20H17N3O3S/c1-26-18-5-3-2-4-14(18)20(25)22-12-6-7-13-15(17-10-27-11-21-17)9-19(24)23-16(13)8-12/h2-8,10-11,15H,9H2,1H3,(H,22,25)(H,23,24). The van der Waals surface area contributed by atoms with Gasteiger partial charge in [0.25, 0.3) is 5.91 Å². The molecule has 0 fully saturated rings. The van der Waals surface area contributed by atoms with Crippen LogP contribution in [0.15, 0.2) is 53.4 Å². The fourth-order valence-corrected chi connectivity index (χ4v) is 3.84. The number of rotatable bonds is 4. The second-order valence-electron chi connectivity index (χ2n) is 6.17. The van der Waals surface area contributed by atoms with Crippen LogP contribution in [-0.4, -0.2) is 23.9 Å². The number of nitrogens with zero attached hydrogens (tertiary/aromatic N) is 1. The zero-order valence-corrected chi connectivity index (χ0v) is 15.4. The first kappa shape index (κ1) is 17.2. The number of benzene rings is 2. The van der Waals surface area contributed by atoms with E-state index in [0.29, 0.717) is 29.1 Å². The van der Waals surface area contributed by atoms with Gasteiger partial charge in [-0.2, -0.15) is 0 Å². The Hall–Kier alpha value is -3.19. The molecule has 0 bridgehead atoms. The van der Waals surface area contributed by atoms with Crippen molar-refractivity contribution in [2.45, 2.75) is 12.3 Å². The monoisotopic (exact) mass is 379 g/mol. The Morgan fingerprint density at radius 3 is 2.93 bits per heavy atom. The molecule has 7 heteroatoms. The third-order valence-electron chi connectivity index (χ3n) is 4.51. The molecule has 27 heavy (non-hydrogen) atoms. The van der Waals surface area contributed by atoms with E-state index in [1.165, 1.54) is 18.4 Å². The van der Waals surface area contributed by atoms with Crippen molar-refractivity contribution < 1.29 is 14.3 Å². The third kappa shape index (κ3) is 3.41. The summed E-state index contributed by atoms with van der Waals surface area (Å²) in [7, 11) is 1.53. The Kier molecular flexibility index (Phi) is 4.60. The van der Waals surface area contributed by atoms with E-state index in [9.17, 15) is 9.59 Å². The lowest BCUT2D eigenvalue weighted by Crippen LogP contribution is -2.24. The lowest BCUT2D eigenvalue weighted by atomic mass is 9.88. The second-order valence-corrected chi connectivity index (χ2v) is 6.89. The van der Waals surface area contributed by atoms with Crippen LogP contribution >= 0.6 is 11.3 Å². The highest BCUT2D eigenvalue weighted by atomic mass is 32.1. The molecule has 2 N–H and O–H groups in total. The first-order valence-electron chi connectivity index (χ1n) is 8.42.